The first-order valence-corrected chi connectivity index (χ1v) is 6.89. The SMILES string of the molecule is COc1cccc(/C=C/C(=O)/C=C/c2cccc(OC)c2)c1. The second kappa shape index (κ2) is 7.84. The Labute approximate surface area is 130 Å². The van der Waals surface area contributed by atoms with Crippen LogP contribution >= 0.6 is 0 Å². The number of ketones is 1. The second-order valence-electron chi connectivity index (χ2n) is 4.62. The molecule has 0 heterocycles. The smallest absolute Gasteiger partial charge is 0.178 e. The third-order valence-corrected chi connectivity index (χ3v) is 3.07. The number of carbonyl (C=O) groups is 1. The topological polar surface area (TPSA) is 35.5 Å². The van der Waals surface area contributed by atoms with Crippen LogP contribution in [-0.4, -0.2) is 20.0 Å². The molecule has 0 saturated heterocycles. The molecule has 0 bridgehead atoms. The number of hydrogen-bond donors (Lipinski definition) is 0. The molecule has 0 atom stereocenters. The average Bonchev–Trinajstić information content (AvgIpc) is 2.58. The molecule has 2 aromatic rings. The Balaban J connectivity index is 2.02. The maximum atomic E-state index is 11.9. The minimum absolute atomic E-state index is 0.0781. The largest absolute Gasteiger partial charge is 0.497 e. The predicted molar refractivity (Wildman–Crippen MR) is 89.1 cm³/mol. The highest BCUT2D eigenvalue weighted by molar-refractivity contribution is 6.04. The van der Waals surface area contributed by atoms with E-state index in [9.17, 15) is 4.79 Å². The first-order valence-electron chi connectivity index (χ1n) is 6.89. The Morgan fingerprint density at radius 2 is 1.27 bits per heavy atom. The first-order chi connectivity index (χ1) is 10.7. The van der Waals surface area contributed by atoms with Gasteiger partial charge in [0.2, 0.25) is 0 Å². The number of rotatable bonds is 6. The molecule has 22 heavy (non-hydrogen) atoms. The van der Waals surface area contributed by atoms with Crippen molar-refractivity contribution in [2.24, 2.45) is 0 Å². The lowest BCUT2D eigenvalue weighted by atomic mass is 10.1. The molecule has 0 aliphatic rings. The molecule has 0 aromatic heterocycles. The zero-order valence-electron chi connectivity index (χ0n) is 12.7. The van der Waals surface area contributed by atoms with Crippen molar-refractivity contribution in [2.45, 2.75) is 0 Å². The number of benzene rings is 2. The molecule has 112 valence electrons. The second-order valence-corrected chi connectivity index (χ2v) is 4.62. The Bertz CT molecular complexity index is 640. The molecule has 2 rings (SSSR count). The van der Waals surface area contributed by atoms with Crippen molar-refractivity contribution in [3.05, 3.63) is 71.8 Å². The lowest BCUT2D eigenvalue weighted by molar-refractivity contribution is -0.110. The minimum atomic E-state index is -0.0781. The minimum Gasteiger partial charge on any atom is -0.497 e. The highest BCUT2D eigenvalue weighted by Crippen LogP contribution is 2.15. The average molecular weight is 294 g/mol. The van der Waals surface area contributed by atoms with Crippen molar-refractivity contribution in [3.8, 4) is 11.5 Å². The van der Waals surface area contributed by atoms with Gasteiger partial charge in [-0.1, -0.05) is 36.4 Å². The maximum absolute atomic E-state index is 11.9. The van der Waals surface area contributed by atoms with Crippen LogP contribution in [0.5, 0.6) is 11.5 Å². The van der Waals surface area contributed by atoms with Crippen LogP contribution < -0.4 is 9.47 Å². The molecule has 0 fully saturated rings. The van der Waals surface area contributed by atoms with Crippen molar-refractivity contribution in [3.63, 3.8) is 0 Å². The molecule has 0 N–H and O–H groups in total. The quantitative estimate of drug-likeness (QED) is 0.755. The predicted octanol–water partition coefficient (Wildman–Crippen LogP) is 4.00. The Morgan fingerprint density at radius 1 is 0.818 bits per heavy atom. The van der Waals surface area contributed by atoms with E-state index in [-0.39, 0.29) is 5.78 Å². The van der Waals surface area contributed by atoms with Crippen molar-refractivity contribution in [2.75, 3.05) is 14.2 Å². The van der Waals surface area contributed by atoms with Gasteiger partial charge < -0.3 is 9.47 Å². The van der Waals surface area contributed by atoms with Gasteiger partial charge in [0, 0.05) is 0 Å². The normalized spacial score (nSPS) is 11.0. The molecule has 3 nitrogen and oxygen atoms in total. The molecule has 2 aromatic carbocycles. The van der Waals surface area contributed by atoms with Gasteiger partial charge in [-0.3, -0.25) is 4.79 Å². The highest BCUT2D eigenvalue weighted by Gasteiger charge is 1.95. The van der Waals surface area contributed by atoms with Gasteiger partial charge in [0.25, 0.3) is 0 Å². The molecular weight excluding hydrogens is 276 g/mol. The van der Waals surface area contributed by atoms with E-state index < -0.39 is 0 Å². The fourth-order valence-corrected chi connectivity index (χ4v) is 1.90. The molecule has 0 unspecified atom stereocenters. The summed E-state index contributed by atoms with van der Waals surface area (Å²) in [6, 6.07) is 15.1. The zero-order valence-corrected chi connectivity index (χ0v) is 12.7. The van der Waals surface area contributed by atoms with Crippen LogP contribution in [0.2, 0.25) is 0 Å². The third-order valence-electron chi connectivity index (χ3n) is 3.07. The van der Waals surface area contributed by atoms with Gasteiger partial charge in [-0.25, -0.2) is 0 Å². The zero-order chi connectivity index (χ0) is 15.8. The van der Waals surface area contributed by atoms with Gasteiger partial charge in [0.05, 0.1) is 14.2 Å². The van der Waals surface area contributed by atoms with E-state index in [1.807, 2.05) is 48.5 Å². The third kappa shape index (κ3) is 4.63. The van der Waals surface area contributed by atoms with Crippen molar-refractivity contribution >= 4 is 17.9 Å². The van der Waals surface area contributed by atoms with Crippen molar-refractivity contribution < 1.29 is 14.3 Å². The number of carbonyl (C=O) groups excluding carboxylic acids is 1. The summed E-state index contributed by atoms with van der Waals surface area (Å²) in [7, 11) is 3.23. The van der Waals surface area contributed by atoms with E-state index in [2.05, 4.69) is 0 Å². The summed E-state index contributed by atoms with van der Waals surface area (Å²) >= 11 is 0. The number of allylic oxidation sites excluding steroid dienone is 2. The number of hydrogen-bond acceptors (Lipinski definition) is 3. The molecule has 0 amide bonds. The molecule has 0 aliphatic carbocycles. The summed E-state index contributed by atoms with van der Waals surface area (Å²) in [5.74, 6) is 1.45. The van der Waals surface area contributed by atoms with Crippen LogP contribution in [-0.2, 0) is 4.79 Å². The molecule has 0 aliphatic heterocycles. The van der Waals surface area contributed by atoms with E-state index >= 15 is 0 Å². The van der Waals surface area contributed by atoms with E-state index in [0.29, 0.717) is 0 Å². The van der Waals surface area contributed by atoms with Gasteiger partial charge in [0.15, 0.2) is 5.78 Å². The number of ether oxygens (including phenoxy) is 2. The molecule has 0 spiro atoms. The van der Waals surface area contributed by atoms with E-state index in [0.717, 1.165) is 22.6 Å². The van der Waals surface area contributed by atoms with Gasteiger partial charge in [-0.05, 0) is 47.5 Å². The summed E-state index contributed by atoms with van der Waals surface area (Å²) in [6.07, 6.45) is 6.60. The summed E-state index contributed by atoms with van der Waals surface area (Å²) in [5, 5.41) is 0. The molecule has 0 saturated carbocycles. The van der Waals surface area contributed by atoms with Gasteiger partial charge in [0.1, 0.15) is 11.5 Å². The van der Waals surface area contributed by atoms with Crippen LogP contribution in [0.3, 0.4) is 0 Å². The van der Waals surface area contributed by atoms with E-state index in [1.165, 1.54) is 12.2 Å². The van der Waals surface area contributed by atoms with Crippen molar-refractivity contribution in [1.82, 2.24) is 0 Å². The first kappa shape index (κ1) is 15.6. The van der Waals surface area contributed by atoms with Crippen LogP contribution in [0.25, 0.3) is 12.2 Å². The number of methoxy groups -OCH3 is 2. The van der Waals surface area contributed by atoms with Gasteiger partial charge in [-0.2, -0.15) is 0 Å². The Kier molecular flexibility index (Phi) is 5.55. The highest BCUT2D eigenvalue weighted by atomic mass is 16.5. The van der Waals surface area contributed by atoms with E-state index in [4.69, 9.17) is 9.47 Å². The fraction of sp³-hybridized carbons (Fsp3) is 0.105. The summed E-state index contributed by atoms with van der Waals surface area (Å²) in [5.41, 5.74) is 1.84. The molecule has 3 heteroatoms. The van der Waals surface area contributed by atoms with Gasteiger partial charge in [-0.15, -0.1) is 0 Å². The Morgan fingerprint density at radius 3 is 1.68 bits per heavy atom. The monoisotopic (exact) mass is 294 g/mol. The lowest BCUT2D eigenvalue weighted by Crippen LogP contribution is -1.87. The van der Waals surface area contributed by atoms with Crippen LogP contribution in [0, 0.1) is 0 Å². The molecular formula is C19H18O3. The lowest BCUT2D eigenvalue weighted by Gasteiger charge is -2.00. The van der Waals surface area contributed by atoms with E-state index in [1.54, 1.807) is 26.4 Å². The van der Waals surface area contributed by atoms with Crippen LogP contribution in [0.4, 0.5) is 0 Å². The Hall–Kier alpha value is -2.81. The molecule has 0 radical (unpaired) electrons. The van der Waals surface area contributed by atoms with Crippen molar-refractivity contribution in [1.29, 1.82) is 0 Å². The summed E-state index contributed by atoms with van der Waals surface area (Å²) in [4.78, 5) is 11.9. The van der Waals surface area contributed by atoms with Crippen LogP contribution in [0.15, 0.2) is 60.7 Å². The van der Waals surface area contributed by atoms with Crippen LogP contribution in [0.1, 0.15) is 11.1 Å². The van der Waals surface area contributed by atoms with Gasteiger partial charge >= 0.3 is 0 Å². The summed E-state index contributed by atoms with van der Waals surface area (Å²) in [6.45, 7) is 0. The fourth-order valence-electron chi connectivity index (χ4n) is 1.90. The standard InChI is InChI=1S/C19H18O3/c1-21-18-7-3-5-15(13-18)9-11-17(20)12-10-16-6-4-8-19(14-16)22-2/h3-14H,1-2H3/b11-9+,12-10+. The summed E-state index contributed by atoms with van der Waals surface area (Å²) < 4.78 is 10.3. The maximum Gasteiger partial charge on any atom is 0.178 e.